The van der Waals surface area contributed by atoms with E-state index in [0.717, 1.165) is 0 Å². The second-order valence-electron chi connectivity index (χ2n) is 2.45. The van der Waals surface area contributed by atoms with Crippen molar-refractivity contribution >= 4 is 17.5 Å². The van der Waals surface area contributed by atoms with Crippen LogP contribution in [0.15, 0.2) is 37.0 Å². The first-order valence-electron chi connectivity index (χ1n) is 4.91. The van der Waals surface area contributed by atoms with E-state index in [1.165, 1.54) is 18.2 Å². The van der Waals surface area contributed by atoms with Crippen LogP contribution in [0.3, 0.4) is 0 Å². The maximum absolute atomic E-state index is 11.3. The molecule has 0 atom stereocenters. The molecular weight excluding hydrogens is 227 g/mol. The van der Waals surface area contributed by atoms with Gasteiger partial charge >= 0.3 is 5.97 Å². The molecule has 0 saturated carbocycles. The van der Waals surface area contributed by atoms with Crippen LogP contribution in [0.1, 0.15) is 20.3 Å². The number of carbonyl (C=O) groups excluding carboxylic acids is 3. The summed E-state index contributed by atoms with van der Waals surface area (Å²) < 4.78 is 11.3. The Labute approximate surface area is 99.4 Å². The summed E-state index contributed by atoms with van der Waals surface area (Å²) in [7, 11) is 0. The van der Waals surface area contributed by atoms with Gasteiger partial charge in [-0.25, -0.2) is 9.74 Å². The molecule has 0 aromatic carbocycles. The van der Waals surface area contributed by atoms with E-state index in [0.29, 0.717) is 0 Å². The highest BCUT2D eigenvalue weighted by atomic mass is 19.3. The number of carbonyl (C=O) groups is 3. The molecule has 0 aliphatic heterocycles. The Morgan fingerprint density at radius 1 is 1.18 bits per heavy atom. The van der Waals surface area contributed by atoms with E-state index in [4.69, 9.17) is 0 Å². The van der Waals surface area contributed by atoms with E-state index in [1.807, 2.05) is 13.8 Å². The summed E-state index contributed by atoms with van der Waals surface area (Å²) in [6, 6.07) is 0. The zero-order valence-corrected chi connectivity index (χ0v) is 9.86. The van der Waals surface area contributed by atoms with Crippen LogP contribution < -0.4 is 0 Å². The molecule has 94 valence electrons. The predicted octanol–water partition coefficient (Wildman–Crippen LogP) is 2.27. The lowest BCUT2D eigenvalue weighted by Crippen LogP contribution is -2.18. The van der Waals surface area contributed by atoms with Crippen molar-refractivity contribution < 1.29 is 23.9 Å². The third-order valence-corrected chi connectivity index (χ3v) is 1.46. The van der Waals surface area contributed by atoms with Crippen LogP contribution in [-0.4, -0.2) is 17.5 Å². The summed E-state index contributed by atoms with van der Waals surface area (Å²) in [5.41, 5.74) is 0.116. The molecule has 0 saturated heterocycles. The third-order valence-electron chi connectivity index (χ3n) is 1.46. The standard InChI is InChI=1S/C10H9FO4.C2H6/c1-3-5-7(4-2)8(12)6-9(13)10(14)15-11;1-2/h3-5H,1-2,6H2;1-2H3/b7-5+;. The minimum Gasteiger partial charge on any atom is -0.294 e. The van der Waals surface area contributed by atoms with Crippen molar-refractivity contribution in [1.29, 1.82) is 0 Å². The molecule has 0 aliphatic rings. The summed E-state index contributed by atoms with van der Waals surface area (Å²) in [6.45, 7) is 10.7. The average Bonchev–Trinajstić information content (AvgIpc) is 2.36. The Kier molecular flexibility index (Phi) is 10.7. The number of ketones is 2. The molecule has 0 bridgehead atoms. The average molecular weight is 242 g/mol. The molecule has 0 N–H and O–H groups in total. The topological polar surface area (TPSA) is 60.4 Å². The number of halogens is 1. The highest BCUT2D eigenvalue weighted by Gasteiger charge is 2.21. The maximum Gasteiger partial charge on any atom is 0.415 e. The molecule has 0 radical (unpaired) electrons. The molecule has 0 unspecified atom stereocenters. The van der Waals surface area contributed by atoms with E-state index >= 15 is 0 Å². The first-order valence-corrected chi connectivity index (χ1v) is 4.91. The van der Waals surface area contributed by atoms with Gasteiger partial charge in [-0.2, -0.15) is 0 Å². The van der Waals surface area contributed by atoms with Crippen LogP contribution >= 0.6 is 0 Å². The molecule has 17 heavy (non-hydrogen) atoms. The lowest BCUT2D eigenvalue weighted by Gasteiger charge is -1.97. The lowest BCUT2D eigenvalue weighted by atomic mass is 10.1. The van der Waals surface area contributed by atoms with Gasteiger partial charge in [0.25, 0.3) is 5.78 Å². The summed E-state index contributed by atoms with van der Waals surface area (Å²) in [6.07, 6.45) is 3.10. The summed E-state index contributed by atoms with van der Waals surface area (Å²) in [5.74, 6) is -3.59. The van der Waals surface area contributed by atoms with Crippen LogP contribution in [-0.2, 0) is 19.3 Å². The van der Waals surface area contributed by atoms with Crippen LogP contribution in [0.5, 0.6) is 0 Å². The van der Waals surface area contributed by atoms with Crippen LogP contribution in [0.25, 0.3) is 0 Å². The second-order valence-corrected chi connectivity index (χ2v) is 2.45. The van der Waals surface area contributed by atoms with Gasteiger partial charge < -0.3 is 0 Å². The van der Waals surface area contributed by atoms with E-state index < -0.39 is 24.0 Å². The fourth-order valence-corrected chi connectivity index (χ4v) is 0.765. The van der Waals surface area contributed by atoms with Gasteiger partial charge in [0.2, 0.25) is 0 Å². The third kappa shape index (κ3) is 6.94. The van der Waals surface area contributed by atoms with E-state index in [-0.39, 0.29) is 5.57 Å². The molecule has 0 spiro atoms. The van der Waals surface area contributed by atoms with E-state index in [2.05, 4.69) is 18.1 Å². The largest absolute Gasteiger partial charge is 0.415 e. The Balaban J connectivity index is 0. The molecule has 0 aromatic rings. The highest BCUT2D eigenvalue weighted by Crippen LogP contribution is 2.03. The zero-order chi connectivity index (χ0) is 13.8. The summed E-state index contributed by atoms with van der Waals surface area (Å²) >= 11 is 0. The first-order chi connectivity index (χ1) is 8.06. The smallest absolute Gasteiger partial charge is 0.294 e. The molecule has 0 fully saturated rings. The van der Waals surface area contributed by atoms with Gasteiger partial charge in [-0.1, -0.05) is 45.2 Å². The lowest BCUT2D eigenvalue weighted by molar-refractivity contribution is -0.186. The van der Waals surface area contributed by atoms with Gasteiger partial charge in [0.1, 0.15) is 0 Å². The molecule has 0 rings (SSSR count). The minimum absolute atomic E-state index is 0.116. The van der Waals surface area contributed by atoms with Gasteiger partial charge in [0.15, 0.2) is 5.78 Å². The Hall–Kier alpha value is -2.04. The molecule has 5 heteroatoms. The van der Waals surface area contributed by atoms with Crippen LogP contribution in [0, 0.1) is 0 Å². The molecule has 0 heterocycles. The van der Waals surface area contributed by atoms with Crippen molar-refractivity contribution in [2.45, 2.75) is 20.3 Å². The van der Waals surface area contributed by atoms with Crippen molar-refractivity contribution in [2.24, 2.45) is 0 Å². The molecule has 0 aromatic heterocycles. The molecule has 4 nitrogen and oxygen atoms in total. The monoisotopic (exact) mass is 242 g/mol. The fraction of sp³-hybridized carbons (Fsp3) is 0.250. The van der Waals surface area contributed by atoms with Crippen molar-refractivity contribution in [3.8, 4) is 0 Å². The normalized spacial score (nSPS) is 9.47. The summed E-state index contributed by atoms with van der Waals surface area (Å²) in [5, 5.41) is 0. The van der Waals surface area contributed by atoms with Gasteiger partial charge in [-0.15, -0.1) is 0 Å². The molecular formula is C12H15FO4. The SMILES string of the molecule is C=C/C=C(\C=C)C(=O)CC(=O)C(=O)OF.CC. The van der Waals surface area contributed by atoms with Crippen molar-refractivity contribution in [2.75, 3.05) is 0 Å². The molecule has 0 aliphatic carbocycles. The number of Topliss-reactive ketones (excluding diaryl/α,β-unsaturated/α-hetero) is 2. The minimum atomic E-state index is -1.69. The second kappa shape index (κ2) is 10.5. The number of rotatable bonds is 6. The number of hydrogen-bond donors (Lipinski definition) is 0. The Morgan fingerprint density at radius 2 is 1.71 bits per heavy atom. The van der Waals surface area contributed by atoms with Gasteiger partial charge in [-0.3, -0.25) is 9.59 Å². The van der Waals surface area contributed by atoms with Gasteiger partial charge in [-0.05, 0) is 0 Å². The van der Waals surface area contributed by atoms with Crippen molar-refractivity contribution in [3.05, 3.63) is 37.0 Å². The fourth-order valence-electron chi connectivity index (χ4n) is 0.765. The number of allylic oxidation sites excluding steroid dienone is 4. The van der Waals surface area contributed by atoms with Crippen LogP contribution in [0.4, 0.5) is 4.53 Å². The van der Waals surface area contributed by atoms with E-state index in [9.17, 15) is 18.9 Å². The quantitative estimate of drug-likeness (QED) is 0.310. The van der Waals surface area contributed by atoms with Crippen molar-refractivity contribution in [1.82, 2.24) is 0 Å². The Bertz CT molecular complexity index is 342. The highest BCUT2D eigenvalue weighted by molar-refractivity contribution is 6.38. The zero-order valence-electron chi connectivity index (χ0n) is 9.86. The van der Waals surface area contributed by atoms with Gasteiger partial charge in [0.05, 0.1) is 6.42 Å². The Morgan fingerprint density at radius 3 is 2.06 bits per heavy atom. The van der Waals surface area contributed by atoms with Crippen LogP contribution in [0.2, 0.25) is 0 Å². The summed E-state index contributed by atoms with van der Waals surface area (Å²) in [4.78, 5) is 35.1. The van der Waals surface area contributed by atoms with Gasteiger partial charge in [0, 0.05) is 10.1 Å². The molecule has 0 amide bonds. The number of hydrogen-bond acceptors (Lipinski definition) is 4. The first kappa shape index (κ1) is 17.4. The maximum atomic E-state index is 11.3. The predicted molar refractivity (Wildman–Crippen MR) is 61.7 cm³/mol. The van der Waals surface area contributed by atoms with E-state index in [1.54, 1.807) is 0 Å². The van der Waals surface area contributed by atoms with Crippen molar-refractivity contribution in [3.63, 3.8) is 0 Å².